The Kier molecular flexibility index (Phi) is 4.74. The molecule has 0 aliphatic heterocycles. The van der Waals surface area contributed by atoms with E-state index in [-0.39, 0.29) is 0 Å². The number of thiazole rings is 1. The van der Waals surface area contributed by atoms with Crippen molar-refractivity contribution in [1.29, 1.82) is 0 Å². The molecule has 0 radical (unpaired) electrons. The third kappa shape index (κ3) is 4.31. The largest absolute Gasteiger partial charge is 0.311 e. The van der Waals surface area contributed by atoms with Gasteiger partial charge in [0.05, 0.1) is 5.01 Å². The first kappa shape index (κ1) is 12.7. The Morgan fingerprint density at radius 1 is 1.40 bits per heavy atom. The lowest BCUT2D eigenvalue weighted by Crippen LogP contribution is -2.28. The Balaban J connectivity index is 2.31. The number of aromatic nitrogens is 1. The van der Waals surface area contributed by atoms with Gasteiger partial charge in [0.1, 0.15) is 0 Å². The van der Waals surface area contributed by atoms with Crippen LogP contribution in [0.25, 0.3) is 0 Å². The molecule has 0 amide bonds. The van der Waals surface area contributed by atoms with Gasteiger partial charge < -0.3 is 5.32 Å². The van der Waals surface area contributed by atoms with Crippen molar-refractivity contribution in [3.63, 3.8) is 0 Å². The molecule has 1 heterocycles. The van der Waals surface area contributed by atoms with Crippen LogP contribution in [0.3, 0.4) is 0 Å². The van der Waals surface area contributed by atoms with E-state index in [1.807, 2.05) is 17.5 Å². The van der Waals surface area contributed by atoms with Crippen LogP contribution in [0.5, 0.6) is 0 Å². The zero-order chi connectivity index (χ0) is 11.3. The molecule has 1 rings (SSSR count). The monoisotopic (exact) mass is 226 g/mol. The predicted molar refractivity (Wildman–Crippen MR) is 67.3 cm³/mol. The fourth-order valence-corrected chi connectivity index (χ4v) is 2.07. The van der Waals surface area contributed by atoms with Crippen LogP contribution in [0.1, 0.15) is 44.0 Å². The topological polar surface area (TPSA) is 24.9 Å². The molecule has 0 atom stereocenters. The second-order valence-corrected chi connectivity index (χ2v) is 5.89. The van der Waals surface area contributed by atoms with E-state index in [1.54, 1.807) is 0 Å². The second kappa shape index (κ2) is 5.61. The molecule has 86 valence electrons. The van der Waals surface area contributed by atoms with Crippen molar-refractivity contribution in [2.45, 2.75) is 47.1 Å². The van der Waals surface area contributed by atoms with E-state index >= 15 is 0 Å². The van der Waals surface area contributed by atoms with Crippen molar-refractivity contribution in [3.8, 4) is 0 Å². The predicted octanol–water partition coefficient (Wildman–Crippen LogP) is 3.23. The minimum absolute atomic E-state index is 0.401. The van der Waals surface area contributed by atoms with Gasteiger partial charge in [-0.05, 0) is 18.3 Å². The van der Waals surface area contributed by atoms with E-state index in [0.29, 0.717) is 5.41 Å². The SMILES string of the molecule is CCc1ncc(CNCC(C)(C)CC)s1. The summed E-state index contributed by atoms with van der Waals surface area (Å²) in [6.45, 7) is 11.0. The molecule has 1 aromatic heterocycles. The second-order valence-electron chi connectivity index (χ2n) is 4.70. The van der Waals surface area contributed by atoms with Gasteiger partial charge in [0, 0.05) is 24.2 Å². The molecule has 0 saturated heterocycles. The summed E-state index contributed by atoms with van der Waals surface area (Å²) < 4.78 is 0. The van der Waals surface area contributed by atoms with Crippen LogP contribution in [0.15, 0.2) is 6.20 Å². The van der Waals surface area contributed by atoms with Crippen molar-refractivity contribution in [2.75, 3.05) is 6.54 Å². The van der Waals surface area contributed by atoms with Gasteiger partial charge >= 0.3 is 0 Å². The Morgan fingerprint density at radius 3 is 2.67 bits per heavy atom. The van der Waals surface area contributed by atoms with Crippen LogP contribution in [0.4, 0.5) is 0 Å². The molecule has 0 aliphatic rings. The lowest BCUT2D eigenvalue weighted by Gasteiger charge is -2.22. The molecule has 1 aromatic rings. The highest BCUT2D eigenvalue weighted by molar-refractivity contribution is 7.11. The maximum absolute atomic E-state index is 4.35. The van der Waals surface area contributed by atoms with Gasteiger partial charge in [0.25, 0.3) is 0 Å². The Bertz CT molecular complexity index is 292. The molecule has 1 N–H and O–H groups in total. The number of aryl methyl sites for hydroxylation is 1. The van der Waals surface area contributed by atoms with Crippen LogP contribution in [-0.4, -0.2) is 11.5 Å². The standard InChI is InChI=1S/C12H22N2S/c1-5-11-14-8-10(15-11)7-13-9-12(3,4)6-2/h8,13H,5-7,9H2,1-4H3. The zero-order valence-electron chi connectivity index (χ0n) is 10.3. The van der Waals surface area contributed by atoms with E-state index in [1.165, 1.54) is 16.3 Å². The fourth-order valence-electron chi connectivity index (χ4n) is 1.24. The number of hydrogen-bond acceptors (Lipinski definition) is 3. The quantitative estimate of drug-likeness (QED) is 0.805. The van der Waals surface area contributed by atoms with Crippen LogP contribution in [-0.2, 0) is 13.0 Å². The van der Waals surface area contributed by atoms with Crippen molar-refractivity contribution < 1.29 is 0 Å². The first-order valence-corrected chi connectivity index (χ1v) is 6.53. The van der Waals surface area contributed by atoms with Gasteiger partial charge in [-0.15, -0.1) is 11.3 Å². The van der Waals surface area contributed by atoms with E-state index in [2.05, 4.69) is 38.0 Å². The summed E-state index contributed by atoms with van der Waals surface area (Å²) in [5.41, 5.74) is 0.401. The molecule has 0 unspecified atom stereocenters. The molecule has 2 nitrogen and oxygen atoms in total. The van der Waals surface area contributed by atoms with Gasteiger partial charge in [0.15, 0.2) is 0 Å². The highest BCUT2D eigenvalue weighted by atomic mass is 32.1. The van der Waals surface area contributed by atoms with Crippen molar-refractivity contribution in [3.05, 3.63) is 16.1 Å². The summed E-state index contributed by atoms with van der Waals surface area (Å²) in [5, 5.41) is 4.74. The first-order chi connectivity index (χ1) is 7.07. The van der Waals surface area contributed by atoms with Gasteiger partial charge in [-0.1, -0.05) is 27.7 Å². The van der Waals surface area contributed by atoms with Crippen LogP contribution in [0, 0.1) is 5.41 Å². The summed E-state index contributed by atoms with van der Waals surface area (Å²) in [6.07, 6.45) is 4.25. The van der Waals surface area contributed by atoms with Crippen LogP contribution < -0.4 is 5.32 Å². The zero-order valence-corrected chi connectivity index (χ0v) is 11.1. The lowest BCUT2D eigenvalue weighted by molar-refractivity contribution is 0.328. The van der Waals surface area contributed by atoms with Gasteiger partial charge in [-0.2, -0.15) is 0 Å². The molecule has 0 aromatic carbocycles. The van der Waals surface area contributed by atoms with Gasteiger partial charge in [0.2, 0.25) is 0 Å². The van der Waals surface area contributed by atoms with Gasteiger partial charge in [-0.3, -0.25) is 0 Å². The molecule has 3 heteroatoms. The maximum Gasteiger partial charge on any atom is 0.0925 e. The highest BCUT2D eigenvalue weighted by Gasteiger charge is 2.14. The number of hydrogen-bond donors (Lipinski definition) is 1. The highest BCUT2D eigenvalue weighted by Crippen LogP contribution is 2.18. The van der Waals surface area contributed by atoms with Crippen LogP contribution >= 0.6 is 11.3 Å². The van der Waals surface area contributed by atoms with Crippen molar-refractivity contribution in [1.82, 2.24) is 10.3 Å². The minimum Gasteiger partial charge on any atom is -0.311 e. The molecular weight excluding hydrogens is 204 g/mol. The van der Waals surface area contributed by atoms with Gasteiger partial charge in [-0.25, -0.2) is 4.98 Å². The third-order valence-electron chi connectivity index (χ3n) is 2.76. The Hall–Kier alpha value is -0.410. The smallest absolute Gasteiger partial charge is 0.0925 e. The summed E-state index contributed by atoms with van der Waals surface area (Å²) in [7, 11) is 0. The van der Waals surface area contributed by atoms with E-state index in [9.17, 15) is 0 Å². The normalized spacial score (nSPS) is 12.0. The molecular formula is C12H22N2S. The number of nitrogens with one attached hydrogen (secondary N) is 1. The fraction of sp³-hybridized carbons (Fsp3) is 0.750. The van der Waals surface area contributed by atoms with E-state index in [4.69, 9.17) is 0 Å². The van der Waals surface area contributed by atoms with E-state index in [0.717, 1.165) is 19.5 Å². The average Bonchev–Trinajstić information content (AvgIpc) is 2.66. The summed E-state index contributed by atoms with van der Waals surface area (Å²) in [4.78, 5) is 5.69. The molecule has 0 saturated carbocycles. The minimum atomic E-state index is 0.401. The maximum atomic E-state index is 4.35. The third-order valence-corrected chi connectivity index (χ3v) is 3.91. The molecule has 0 spiro atoms. The Morgan fingerprint density at radius 2 is 2.13 bits per heavy atom. The summed E-state index contributed by atoms with van der Waals surface area (Å²) >= 11 is 1.82. The first-order valence-electron chi connectivity index (χ1n) is 5.71. The molecule has 0 fully saturated rings. The van der Waals surface area contributed by atoms with Crippen molar-refractivity contribution in [2.24, 2.45) is 5.41 Å². The average molecular weight is 226 g/mol. The Labute approximate surface area is 97.1 Å². The summed E-state index contributed by atoms with van der Waals surface area (Å²) in [5.74, 6) is 0. The lowest BCUT2D eigenvalue weighted by atomic mass is 9.90. The summed E-state index contributed by atoms with van der Waals surface area (Å²) in [6, 6.07) is 0. The molecule has 15 heavy (non-hydrogen) atoms. The number of rotatable bonds is 6. The number of nitrogens with zero attached hydrogens (tertiary/aromatic N) is 1. The van der Waals surface area contributed by atoms with Crippen LogP contribution in [0.2, 0.25) is 0 Å². The van der Waals surface area contributed by atoms with E-state index < -0.39 is 0 Å². The molecule has 0 aliphatic carbocycles. The molecule has 0 bridgehead atoms. The van der Waals surface area contributed by atoms with Crippen molar-refractivity contribution >= 4 is 11.3 Å².